The Morgan fingerprint density at radius 1 is 1.42 bits per heavy atom. The van der Waals surface area contributed by atoms with Crippen LogP contribution in [-0.4, -0.2) is 18.1 Å². The largest absolute Gasteiger partial charge is 0.381 e. The third-order valence-corrected chi connectivity index (χ3v) is 3.65. The SMILES string of the molecule is Cl.N[C@@H](c1ccc(Cl)c([N+](=O)[O-])c1)C1CCOCC1. The molecule has 0 radical (unpaired) electrons. The topological polar surface area (TPSA) is 78.4 Å². The summed E-state index contributed by atoms with van der Waals surface area (Å²) in [4.78, 5) is 10.3. The van der Waals surface area contributed by atoms with Gasteiger partial charge in [0.05, 0.1) is 4.92 Å². The number of nitrogens with two attached hydrogens (primary N) is 1. The van der Waals surface area contributed by atoms with Crippen LogP contribution in [0.3, 0.4) is 0 Å². The van der Waals surface area contributed by atoms with E-state index in [1.54, 1.807) is 6.07 Å². The third kappa shape index (κ3) is 3.79. The normalized spacial score (nSPS) is 17.6. The monoisotopic (exact) mass is 306 g/mol. The molecule has 0 amide bonds. The standard InChI is InChI=1S/C12H15ClN2O3.ClH/c13-10-2-1-9(7-11(10)15(16)17)12(14)8-3-5-18-6-4-8;/h1-2,7-8,12H,3-6,14H2;1H/t12-;/m1./s1. The molecule has 1 aromatic rings. The molecule has 0 aromatic heterocycles. The van der Waals surface area contributed by atoms with E-state index in [1.165, 1.54) is 12.1 Å². The van der Waals surface area contributed by atoms with Crippen LogP contribution in [-0.2, 0) is 4.74 Å². The maximum Gasteiger partial charge on any atom is 0.288 e. The van der Waals surface area contributed by atoms with Gasteiger partial charge in [0.25, 0.3) is 5.69 Å². The lowest BCUT2D eigenvalue weighted by Crippen LogP contribution is -2.27. The van der Waals surface area contributed by atoms with E-state index >= 15 is 0 Å². The molecular formula is C12H16Cl2N2O3. The summed E-state index contributed by atoms with van der Waals surface area (Å²) in [5, 5.41) is 11.0. The van der Waals surface area contributed by atoms with Gasteiger partial charge in [0.1, 0.15) is 5.02 Å². The van der Waals surface area contributed by atoms with Crippen molar-refractivity contribution in [3.8, 4) is 0 Å². The minimum absolute atomic E-state index is 0. The summed E-state index contributed by atoms with van der Waals surface area (Å²) in [6, 6.07) is 4.57. The van der Waals surface area contributed by atoms with Crippen LogP contribution in [0.5, 0.6) is 0 Å². The van der Waals surface area contributed by atoms with E-state index in [0.29, 0.717) is 19.1 Å². The van der Waals surface area contributed by atoms with Gasteiger partial charge in [-0.15, -0.1) is 12.4 Å². The Morgan fingerprint density at radius 3 is 2.63 bits per heavy atom. The molecule has 1 heterocycles. The summed E-state index contributed by atoms with van der Waals surface area (Å²) in [5.41, 5.74) is 6.84. The van der Waals surface area contributed by atoms with E-state index in [-0.39, 0.29) is 29.2 Å². The second kappa shape index (κ2) is 7.05. The quantitative estimate of drug-likeness (QED) is 0.687. The molecule has 1 atom stereocenters. The zero-order chi connectivity index (χ0) is 13.1. The number of nitro benzene ring substituents is 1. The van der Waals surface area contributed by atoms with E-state index in [1.807, 2.05) is 0 Å². The Balaban J connectivity index is 0.00000180. The van der Waals surface area contributed by atoms with E-state index < -0.39 is 4.92 Å². The highest BCUT2D eigenvalue weighted by Gasteiger charge is 2.24. The first-order valence-electron chi connectivity index (χ1n) is 5.86. The number of benzene rings is 1. The second-order valence-electron chi connectivity index (χ2n) is 4.44. The van der Waals surface area contributed by atoms with Gasteiger partial charge in [-0.1, -0.05) is 17.7 Å². The van der Waals surface area contributed by atoms with Gasteiger partial charge in [0.2, 0.25) is 0 Å². The highest BCUT2D eigenvalue weighted by molar-refractivity contribution is 6.32. The highest BCUT2D eigenvalue weighted by atomic mass is 35.5. The molecule has 7 heteroatoms. The van der Waals surface area contributed by atoms with E-state index in [4.69, 9.17) is 22.1 Å². The first-order chi connectivity index (χ1) is 8.59. The van der Waals surface area contributed by atoms with Gasteiger partial charge in [-0.2, -0.15) is 0 Å². The van der Waals surface area contributed by atoms with Gasteiger partial charge < -0.3 is 10.5 Å². The molecule has 1 aliphatic rings. The molecule has 19 heavy (non-hydrogen) atoms. The van der Waals surface area contributed by atoms with Crippen molar-refractivity contribution in [2.24, 2.45) is 11.7 Å². The lowest BCUT2D eigenvalue weighted by molar-refractivity contribution is -0.384. The summed E-state index contributed by atoms with van der Waals surface area (Å²) in [5.74, 6) is 0.305. The van der Waals surface area contributed by atoms with Crippen LogP contribution in [0.4, 0.5) is 5.69 Å². The molecule has 5 nitrogen and oxygen atoms in total. The molecule has 0 unspecified atom stereocenters. The zero-order valence-electron chi connectivity index (χ0n) is 10.3. The number of nitro groups is 1. The molecule has 1 aliphatic heterocycles. The first kappa shape index (κ1) is 16.2. The van der Waals surface area contributed by atoms with Crippen molar-refractivity contribution >= 4 is 29.7 Å². The minimum Gasteiger partial charge on any atom is -0.381 e. The van der Waals surface area contributed by atoms with Crippen LogP contribution in [0.2, 0.25) is 5.02 Å². The summed E-state index contributed by atoms with van der Waals surface area (Å²) in [6.07, 6.45) is 1.77. The van der Waals surface area contributed by atoms with E-state index in [9.17, 15) is 10.1 Å². The molecule has 0 bridgehead atoms. The Hall–Kier alpha value is -0.880. The molecule has 1 saturated heterocycles. The van der Waals surface area contributed by atoms with Crippen LogP contribution in [0.1, 0.15) is 24.4 Å². The molecule has 1 aromatic carbocycles. The molecule has 2 rings (SSSR count). The Labute approximate surface area is 122 Å². The average molecular weight is 307 g/mol. The fourth-order valence-electron chi connectivity index (χ4n) is 2.22. The van der Waals surface area contributed by atoms with Gasteiger partial charge in [-0.05, 0) is 30.4 Å². The van der Waals surface area contributed by atoms with Crippen molar-refractivity contribution in [2.45, 2.75) is 18.9 Å². The number of rotatable bonds is 3. The number of hydrogen-bond donors (Lipinski definition) is 1. The maximum absolute atomic E-state index is 10.8. The number of hydrogen-bond acceptors (Lipinski definition) is 4. The lowest BCUT2D eigenvalue weighted by Gasteiger charge is -2.27. The number of ether oxygens (including phenoxy) is 1. The van der Waals surface area contributed by atoms with Crippen molar-refractivity contribution in [3.05, 3.63) is 38.9 Å². The molecular weight excluding hydrogens is 291 g/mol. The van der Waals surface area contributed by atoms with Crippen molar-refractivity contribution in [1.29, 1.82) is 0 Å². The number of nitrogens with zero attached hydrogens (tertiary/aromatic N) is 1. The first-order valence-corrected chi connectivity index (χ1v) is 6.24. The molecule has 0 spiro atoms. The van der Waals surface area contributed by atoms with Gasteiger partial charge in [-0.25, -0.2) is 0 Å². The molecule has 0 saturated carbocycles. The number of halogens is 2. The molecule has 106 valence electrons. The molecule has 0 aliphatic carbocycles. The summed E-state index contributed by atoms with van der Waals surface area (Å²) >= 11 is 5.78. The van der Waals surface area contributed by atoms with Crippen molar-refractivity contribution < 1.29 is 9.66 Å². The Bertz CT molecular complexity index is 451. The molecule has 1 fully saturated rings. The van der Waals surface area contributed by atoms with E-state index in [0.717, 1.165) is 18.4 Å². The van der Waals surface area contributed by atoms with Crippen LogP contribution >= 0.6 is 24.0 Å². The van der Waals surface area contributed by atoms with Crippen molar-refractivity contribution in [1.82, 2.24) is 0 Å². The highest BCUT2D eigenvalue weighted by Crippen LogP contribution is 2.32. The summed E-state index contributed by atoms with van der Waals surface area (Å²) in [7, 11) is 0. The summed E-state index contributed by atoms with van der Waals surface area (Å²) < 4.78 is 5.28. The predicted octanol–water partition coefficient (Wildman–Crippen LogP) is 3.10. The Morgan fingerprint density at radius 2 is 2.05 bits per heavy atom. The van der Waals surface area contributed by atoms with Crippen molar-refractivity contribution in [2.75, 3.05) is 13.2 Å². The van der Waals surface area contributed by atoms with Gasteiger partial charge >= 0.3 is 0 Å². The van der Waals surface area contributed by atoms with Gasteiger partial charge in [-0.3, -0.25) is 10.1 Å². The Kier molecular flexibility index (Phi) is 6.00. The van der Waals surface area contributed by atoms with E-state index in [2.05, 4.69) is 0 Å². The minimum atomic E-state index is -0.484. The lowest BCUT2D eigenvalue weighted by atomic mass is 9.88. The fraction of sp³-hybridized carbons (Fsp3) is 0.500. The maximum atomic E-state index is 10.8. The zero-order valence-corrected chi connectivity index (χ0v) is 11.8. The average Bonchev–Trinajstić information content (AvgIpc) is 2.39. The van der Waals surface area contributed by atoms with Gasteiger partial charge in [0, 0.05) is 25.3 Å². The van der Waals surface area contributed by atoms with Crippen LogP contribution in [0.15, 0.2) is 18.2 Å². The third-order valence-electron chi connectivity index (χ3n) is 3.33. The van der Waals surface area contributed by atoms with Gasteiger partial charge in [0.15, 0.2) is 0 Å². The van der Waals surface area contributed by atoms with Crippen LogP contribution < -0.4 is 5.73 Å². The predicted molar refractivity (Wildman–Crippen MR) is 75.8 cm³/mol. The molecule has 2 N–H and O–H groups in total. The van der Waals surface area contributed by atoms with Crippen molar-refractivity contribution in [3.63, 3.8) is 0 Å². The smallest absolute Gasteiger partial charge is 0.288 e. The summed E-state index contributed by atoms with van der Waals surface area (Å²) in [6.45, 7) is 1.40. The fourth-order valence-corrected chi connectivity index (χ4v) is 2.41. The second-order valence-corrected chi connectivity index (χ2v) is 4.85. The van der Waals surface area contributed by atoms with Crippen LogP contribution in [0, 0.1) is 16.0 Å². The van der Waals surface area contributed by atoms with Crippen LogP contribution in [0.25, 0.3) is 0 Å².